The van der Waals surface area contributed by atoms with Crippen LogP contribution in [0.25, 0.3) is 22.2 Å². The summed E-state index contributed by atoms with van der Waals surface area (Å²) >= 11 is 10.4. The van der Waals surface area contributed by atoms with E-state index in [4.69, 9.17) is 30.8 Å². The third-order valence-corrected chi connectivity index (χ3v) is 7.51. The maximum absolute atomic E-state index is 9.71. The van der Waals surface area contributed by atoms with Gasteiger partial charge in [-0.2, -0.15) is 0 Å². The Hall–Kier alpha value is -3.47. The number of hydrogen-bond donors (Lipinski definition) is 3. The average molecular weight is 625 g/mol. The molecule has 0 bridgehead atoms. The number of nitrogens with zero attached hydrogens (tertiary/aromatic N) is 2. The first-order valence-electron chi connectivity index (χ1n) is 12.6. The van der Waals surface area contributed by atoms with Crippen molar-refractivity contribution in [2.24, 2.45) is 0 Å². The zero-order valence-corrected chi connectivity index (χ0v) is 23.7. The zero-order chi connectivity index (χ0) is 27.9. The fourth-order valence-corrected chi connectivity index (χ4v) is 5.01. The maximum Gasteiger partial charge on any atom is 0.142 e. The second kappa shape index (κ2) is 13.3. The number of hydrogen-bond acceptors (Lipinski definition) is 8. The Kier molecular flexibility index (Phi) is 9.30. The van der Waals surface area contributed by atoms with Gasteiger partial charge in [-0.3, -0.25) is 0 Å². The van der Waals surface area contributed by atoms with Gasteiger partial charge in [-0.25, -0.2) is 4.63 Å². The molecule has 0 saturated carbocycles. The monoisotopic (exact) mass is 623 g/mol. The maximum atomic E-state index is 9.71. The summed E-state index contributed by atoms with van der Waals surface area (Å²) in [5, 5.41) is 30.1. The predicted molar refractivity (Wildman–Crippen MR) is 156 cm³/mol. The van der Waals surface area contributed by atoms with Crippen molar-refractivity contribution >= 4 is 38.6 Å². The van der Waals surface area contributed by atoms with Crippen LogP contribution in [0.5, 0.6) is 11.5 Å². The molecule has 0 aliphatic heterocycles. The second-order valence-corrected chi connectivity index (χ2v) is 10.4. The molecule has 4 aromatic carbocycles. The SMILES string of the molecule is OC[C@@H](O)CNCc1cc(Cl)c(OCc2cccc(-c3ccccc3)c2Br)cc1OCc1ccc2nonc2c1. The number of halogens is 2. The van der Waals surface area contributed by atoms with Gasteiger partial charge in [-0.05, 0) is 61.1 Å². The Morgan fingerprint density at radius 1 is 0.875 bits per heavy atom. The van der Waals surface area contributed by atoms with Crippen molar-refractivity contribution in [1.29, 1.82) is 0 Å². The summed E-state index contributed by atoms with van der Waals surface area (Å²) in [5.74, 6) is 1.05. The van der Waals surface area contributed by atoms with E-state index in [1.54, 1.807) is 12.1 Å². The molecule has 0 aliphatic rings. The number of aliphatic hydroxyl groups excluding tert-OH is 2. The summed E-state index contributed by atoms with van der Waals surface area (Å²) in [7, 11) is 0. The lowest BCUT2D eigenvalue weighted by molar-refractivity contribution is 0.0941. The number of ether oxygens (including phenoxy) is 2. The Labute approximate surface area is 244 Å². The molecule has 1 heterocycles. The molecule has 1 aromatic heterocycles. The Morgan fingerprint density at radius 3 is 2.50 bits per heavy atom. The molecule has 0 aliphatic carbocycles. The minimum atomic E-state index is -0.865. The number of nitrogens with one attached hydrogen (secondary N) is 1. The van der Waals surface area contributed by atoms with Crippen LogP contribution in [0.1, 0.15) is 16.7 Å². The van der Waals surface area contributed by atoms with E-state index in [1.807, 2.05) is 48.5 Å². The molecule has 3 N–H and O–H groups in total. The van der Waals surface area contributed by atoms with E-state index in [2.05, 4.69) is 49.8 Å². The zero-order valence-electron chi connectivity index (χ0n) is 21.4. The fraction of sp³-hybridized carbons (Fsp3) is 0.200. The number of aromatic nitrogens is 2. The second-order valence-electron chi connectivity index (χ2n) is 9.17. The molecular weight excluding hydrogens is 598 g/mol. The van der Waals surface area contributed by atoms with Crippen LogP contribution in [-0.4, -0.2) is 39.8 Å². The molecule has 5 aromatic rings. The third-order valence-electron chi connectivity index (χ3n) is 6.28. The van der Waals surface area contributed by atoms with E-state index in [9.17, 15) is 5.11 Å². The van der Waals surface area contributed by atoms with E-state index < -0.39 is 6.10 Å². The normalized spacial score (nSPS) is 12.0. The van der Waals surface area contributed by atoms with Gasteiger partial charge in [0.05, 0.1) is 17.7 Å². The van der Waals surface area contributed by atoms with Crippen LogP contribution in [-0.2, 0) is 19.8 Å². The smallest absolute Gasteiger partial charge is 0.142 e. The first kappa shape index (κ1) is 28.1. The van der Waals surface area contributed by atoms with Crippen molar-refractivity contribution < 1.29 is 24.3 Å². The number of rotatable bonds is 12. The van der Waals surface area contributed by atoms with Gasteiger partial charge in [0.25, 0.3) is 0 Å². The molecule has 0 amide bonds. The molecule has 0 unspecified atom stereocenters. The Balaban J connectivity index is 1.36. The van der Waals surface area contributed by atoms with Gasteiger partial charge in [-0.1, -0.05) is 66.2 Å². The van der Waals surface area contributed by atoms with Crippen molar-refractivity contribution in [3.05, 3.63) is 105 Å². The van der Waals surface area contributed by atoms with E-state index in [0.29, 0.717) is 34.1 Å². The van der Waals surface area contributed by atoms with Crippen LogP contribution in [0.2, 0.25) is 5.02 Å². The quantitative estimate of drug-likeness (QED) is 0.157. The molecule has 0 radical (unpaired) electrons. The summed E-state index contributed by atoms with van der Waals surface area (Å²) in [6, 6.07) is 25.3. The highest BCUT2D eigenvalue weighted by atomic mass is 79.9. The molecule has 40 heavy (non-hydrogen) atoms. The van der Waals surface area contributed by atoms with Crippen molar-refractivity contribution in [1.82, 2.24) is 15.6 Å². The van der Waals surface area contributed by atoms with Crippen LogP contribution in [0, 0.1) is 0 Å². The van der Waals surface area contributed by atoms with Crippen molar-refractivity contribution in [3.8, 4) is 22.6 Å². The van der Waals surface area contributed by atoms with Crippen LogP contribution in [0.3, 0.4) is 0 Å². The molecule has 0 spiro atoms. The molecule has 1 atom stereocenters. The summed E-state index contributed by atoms with van der Waals surface area (Å²) in [6.07, 6.45) is -0.865. The van der Waals surface area contributed by atoms with Crippen molar-refractivity contribution in [3.63, 3.8) is 0 Å². The van der Waals surface area contributed by atoms with Crippen molar-refractivity contribution in [2.45, 2.75) is 25.9 Å². The van der Waals surface area contributed by atoms with Gasteiger partial charge in [0.2, 0.25) is 0 Å². The molecule has 206 valence electrons. The van der Waals surface area contributed by atoms with E-state index >= 15 is 0 Å². The fourth-order valence-electron chi connectivity index (χ4n) is 4.16. The summed E-state index contributed by atoms with van der Waals surface area (Å²) in [6.45, 7) is 0.804. The number of benzene rings is 4. The first-order valence-corrected chi connectivity index (χ1v) is 13.8. The van der Waals surface area contributed by atoms with Crippen LogP contribution in [0.15, 0.2) is 88.0 Å². The molecular formula is C30H27BrClN3O5. The van der Waals surface area contributed by atoms with Crippen LogP contribution in [0.4, 0.5) is 0 Å². The van der Waals surface area contributed by atoms with Gasteiger partial charge >= 0.3 is 0 Å². The van der Waals surface area contributed by atoms with E-state index in [0.717, 1.165) is 32.3 Å². The highest BCUT2D eigenvalue weighted by Crippen LogP contribution is 2.36. The lowest BCUT2D eigenvalue weighted by Crippen LogP contribution is -2.29. The summed E-state index contributed by atoms with van der Waals surface area (Å²) in [4.78, 5) is 0. The van der Waals surface area contributed by atoms with Gasteiger partial charge in [-0.15, -0.1) is 0 Å². The summed E-state index contributed by atoms with van der Waals surface area (Å²) < 4.78 is 18.1. The van der Waals surface area contributed by atoms with Gasteiger partial charge < -0.3 is 25.0 Å². The molecule has 8 nitrogen and oxygen atoms in total. The van der Waals surface area contributed by atoms with E-state index in [1.165, 1.54) is 0 Å². The third kappa shape index (κ3) is 6.80. The topological polar surface area (TPSA) is 110 Å². The minimum absolute atomic E-state index is 0.216. The van der Waals surface area contributed by atoms with Crippen molar-refractivity contribution in [2.75, 3.05) is 13.2 Å². The average Bonchev–Trinajstić information content (AvgIpc) is 3.45. The first-order chi connectivity index (χ1) is 19.5. The minimum Gasteiger partial charge on any atom is -0.488 e. The molecule has 10 heteroatoms. The largest absolute Gasteiger partial charge is 0.488 e. The molecule has 0 saturated heterocycles. The van der Waals surface area contributed by atoms with Crippen LogP contribution >= 0.6 is 27.5 Å². The highest BCUT2D eigenvalue weighted by molar-refractivity contribution is 9.10. The van der Waals surface area contributed by atoms with Crippen LogP contribution < -0.4 is 14.8 Å². The van der Waals surface area contributed by atoms with Gasteiger partial charge in [0.15, 0.2) is 0 Å². The summed E-state index contributed by atoms with van der Waals surface area (Å²) in [5.41, 5.74) is 6.12. The molecule has 5 rings (SSSR count). The lowest BCUT2D eigenvalue weighted by atomic mass is 10.0. The lowest BCUT2D eigenvalue weighted by Gasteiger charge is -2.17. The Morgan fingerprint density at radius 2 is 1.68 bits per heavy atom. The number of fused-ring (bicyclic) bond motifs is 1. The highest BCUT2D eigenvalue weighted by Gasteiger charge is 2.15. The number of aliphatic hydroxyl groups is 2. The predicted octanol–water partition coefficient (Wildman–Crippen LogP) is 5.91. The standard InChI is InChI=1S/C30H27BrClN3O5/c31-30-21(7-4-8-24(30)20-5-2-1-3-6-20)18-39-29-13-28(22(12-25(29)32)14-33-15-23(37)16-36)38-17-19-9-10-26-27(11-19)35-40-34-26/h1-13,23,33,36-37H,14-18H2/t23-/m0/s1. The molecule has 0 fully saturated rings. The van der Waals surface area contributed by atoms with E-state index in [-0.39, 0.29) is 26.4 Å². The van der Waals surface area contributed by atoms with Gasteiger partial charge in [0.1, 0.15) is 35.7 Å². The van der Waals surface area contributed by atoms with Gasteiger partial charge in [0, 0.05) is 34.8 Å². The Bertz CT molecular complexity index is 1580.